The van der Waals surface area contributed by atoms with Crippen molar-refractivity contribution >= 4 is 5.78 Å². The van der Waals surface area contributed by atoms with Crippen molar-refractivity contribution in [2.75, 3.05) is 6.61 Å². The molecule has 1 aromatic rings. The first-order valence-electron chi connectivity index (χ1n) is 7.35. The van der Waals surface area contributed by atoms with Gasteiger partial charge in [-0.15, -0.1) is 0 Å². The van der Waals surface area contributed by atoms with E-state index < -0.39 is 0 Å². The molecule has 0 heterocycles. The van der Waals surface area contributed by atoms with Crippen LogP contribution in [0.2, 0.25) is 0 Å². The van der Waals surface area contributed by atoms with E-state index >= 15 is 0 Å². The van der Waals surface area contributed by atoms with Crippen LogP contribution in [0.25, 0.3) is 0 Å². The molecule has 1 aliphatic rings. The largest absolute Gasteiger partial charge is 0.378 e. The van der Waals surface area contributed by atoms with E-state index in [1.165, 1.54) is 6.42 Å². The lowest BCUT2D eigenvalue weighted by Crippen LogP contribution is -2.27. The van der Waals surface area contributed by atoms with Crippen LogP contribution in [0.1, 0.15) is 49.9 Å². The Morgan fingerprint density at radius 1 is 1.11 bits per heavy atom. The molecule has 2 nitrogen and oxygen atoms in total. The molecule has 0 N–H and O–H groups in total. The number of ketones is 1. The molecule has 104 valence electrons. The molecule has 0 aliphatic heterocycles. The molecule has 1 saturated carbocycles. The summed E-state index contributed by atoms with van der Waals surface area (Å²) in [7, 11) is 0. The normalized spacial score (nSPS) is 27.2. The van der Waals surface area contributed by atoms with Crippen molar-refractivity contribution in [2.45, 2.75) is 45.6 Å². The monoisotopic (exact) mass is 260 g/mol. The summed E-state index contributed by atoms with van der Waals surface area (Å²) in [6.07, 6.45) is 4.43. The smallest absolute Gasteiger partial charge is 0.165 e. The predicted molar refractivity (Wildman–Crippen MR) is 77.3 cm³/mol. The highest BCUT2D eigenvalue weighted by Gasteiger charge is 2.24. The Morgan fingerprint density at radius 2 is 1.74 bits per heavy atom. The number of hydrogen-bond donors (Lipinski definition) is 0. The molecule has 0 saturated heterocycles. The molecule has 1 aromatic carbocycles. The van der Waals surface area contributed by atoms with E-state index in [2.05, 4.69) is 13.8 Å². The third kappa shape index (κ3) is 4.46. The molecule has 0 bridgehead atoms. The first-order valence-corrected chi connectivity index (χ1v) is 7.35. The van der Waals surface area contributed by atoms with Crippen LogP contribution in [0, 0.1) is 11.8 Å². The SMILES string of the molecule is CC1CC(C)CC(OCCC(=O)c2ccccc2)C1. The second-order valence-electron chi connectivity index (χ2n) is 5.95. The van der Waals surface area contributed by atoms with Crippen LogP contribution in [0.4, 0.5) is 0 Å². The van der Waals surface area contributed by atoms with E-state index in [0.29, 0.717) is 19.1 Å². The van der Waals surface area contributed by atoms with E-state index in [1.807, 2.05) is 30.3 Å². The van der Waals surface area contributed by atoms with Crippen molar-refractivity contribution in [2.24, 2.45) is 11.8 Å². The molecular weight excluding hydrogens is 236 g/mol. The first-order chi connectivity index (χ1) is 9.15. The van der Waals surface area contributed by atoms with Gasteiger partial charge in [-0.1, -0.05) is 44.2 Å². The summed E-state index contributed by atoms with van der Waals surface area (Å²) in [5, 5.41) is 0. The fraction of sp³-hybridized carbons (Fsp3) is 0.588. The second-order valence-corrected chi connectivity index (χ2v) is 5.95. The number of rotatable bonds is 5. The Kier molecular flexibility index (Phi) is 5.15. The molecule has 0 spiro atoms. The van der Waals surface area contributed by atoms with Crippen molar-refractivity contribution in [3.63, 3.8) is 0 Å². The molecule has 2 unspecified atom stereocenters. The van der Waals surface area contributed by atoms with Gasteiger partial charge >= 0.3 is 0 Å². The van der Waals surface area contributed by atoms with Gasteiger partial charge in [-0.05, 0) is 31.1 Å². The minimum atomic E-state index is 0.178. The first kappa shape index (κ1) is 14.3. The Bertz CT molecular complexity index is 389. The van der Waals surface area contributed by atoms with Crippen LogP contribution in [0.5, 0.6) is 0 Å². The van der Waals surface area contributed by atoms with Crippen LogP contribution >= 0.6 is 0 Å². The van der Waals surface area contributed by atoms with Gasteiger partial charge in [0.2, 0.25) is 0 Å². The molecular formula is C17H24O2. The van der Waals surface area contributed by atoms with Crippen LogP contribution in [0.3, 0.4) is 0 Å². The third-order valence-corrected chi connectivity index (χ3v) is 3.91. The van der Waals surface area contributed by atoms with Crippen LogP contribution in [0.15, 0.2) is 30.3 Å². The fourth-order valence-electron chi connectivity index (χ4n) is 3.10. The molecule has 19 heavy (non-hydrogen) atoms. The van der Waals surface area contributed by atoms with Crippen LogP contribution in [-0.2, 0) is 4.74 Å². The van der Waals surface area contributed by atoms with Crippen LogP contribution < -0.4 is 0 Å². The molecule has 0 amide bonds. The topological polar surface area (TPSA) is 26.3 Å². The lowest BCUT2D eigenvalue weighted by Gasteiger charge is -2.31. The fourth-order valence-corrected chi connectivity index (χ4v) is 3.10. The van der Waals surface area contributed by atoms with Gasteiger partial charge in [0.1, 0.15) is 0 Å². The summed E-state index contributed by atoms with van der Waals surface area (Å²) in [6, 6.07) is 9.47. The molecule has 0 radical (unpaired) electrons. The maximum absolute atomic E-state index is 11.9. The average molecular weight is 260 g/mol. The summed E-state index contributed by atoms with van der Waals surface area (Å²) in [6.45, 7) is 5.14. The summed E-state index contributed by atoms with van der Waals surface area (Å²) >= 11 is 0. The molecule has 2 atom stereocenters. The second kappa shape index (κ2) is 6.85. The van der Waals surface area contributed by atoms with Crippen molar-refractivity contribution in [3.05, 3.63) is 35.9 Å². The van der Waals surface area contributed by atoms with Gasteiger partial charge in [-0.3, -0.25) is 4.79 Å². The van der Waals surface area contributed by atoms with Gasteiger partial charge in [0.25, 0.3) is 0 Å². The number of carbonyl (C=O) groups excluding carboxylic acids is 1. The minimum Gasteiger partial charge on any atom is -0.378 e. The Labute approximate surface area is 116 Å². The molecule has 1 aliphatic carbocycles. The quantitative estimate of drug-likeness (QED) is 0.745. The minimum absolute atomic E-state index is 0.178. The van der Waals surface area contributed by atoms with E-state index in [4.69, 9.17) is 4.74 Å². The van der Waals surface area contributed by atoms with Gasteiger partial charge < -0.3 is 4.74 Å². The van der Waals surface area contributed by atoms with E-state index in [-0.39, 0.29) is 5.78 Å². The molecule has 0 aromatic heterocycles. The van der Waals surface area contributed by atoms with Gasteiger partial charge in [-0.2, -0.15) is 0 Å². The summed E-state index contributed by atoms with van der Waals surface area (Å²) in [5.41, 5.74) is 0.788. The lowest BCUT2D eigenvalue weighted by atomic mass is 9.82. The third-order valence-electron chi connectivity index (χ3n) is 3.91. The summed E-state index contributed by atoms with van der Waals surface area (Å²) in [5.74, 6) is 1.68. The average Bonchev–Trinajstić information content (AvgIpc) is 2.38. The predicted octanol–water partition coefficient (Wildman–Crippen LogP) is 4.10. The molecule has 2 rings (SSSR count). The van der Waals surface area contributed by atoms with Gasteiger partial charge in [0.15, 0.2) is 5.78 Å². The van der Waals surface area contributed by atoms with E-state index in [0.717, 1.165) is 30.2 Å². The summed E-state index contributed by atoms with van der Waals surface area (Å²) < 4.78 is 5.90. The number of hydrogen-bond acceptors (Lipinski definition) is 2. The van der Waals surface area contributed by atoms with Gasteiger partial charge in [-0.25, -0.2) is 0 Å². The van der Waals surface area contributed by atoms with Gasteiger partial charge in [0, 0.05) is 12.0 Å². The summed E-state index contributed by atoms with van der Waals surface area (Å²) in [4.78, 5) is 11.9. The zero-order valence-corrected chi connectivity index (χ0v) is 12.0. The highest BCUT2D eigenvalue weighted by atomic mass is 16.5. The highest BCUT2D eigenvalue weighted by Crippen LogP contribution is 2.30. The lowest BCUT2D eigenvalue weighted by molar-refractivity contribution is 0.00131. The van der Waals surface area contributed by atoms with Crippen molar-refractivity contribution < 1.29 is 9.53 Å². The van der Waals surface area contributed by atoms with Gasteiger partial charge in [0.05, 0.1) is 12.7 Å². The molecule has 2 heteroatoms. The number of carbonyl (C=O) groups is 1. The van der Waals surface area contributed by atoms with Crippen molar-refractivity contribution in [3.8, 4) is 0 Å². The number of benzene rings is 1. The number of ether oxygens (including phenoxy) is 1. The van der Waals surface area contributed by atoms with E-state index in [9.17, 15) is 4.79 Å². The van der Waals surface area contributed by atoms with E-state index in [1.54, 1.807) is 0 Å². The Hall–Kier alpha value is -1.15. The maximum atomic E-state index is 11.9. The zero-order valence-electron chi connectivity index (χ0n) is 12.0. The Balaban J connectivity index is 1.73. The maximum Gasteiger partial charge on any atom is 0.165 e. The van der Waals surface area contributed by atoms with Crippen molar-refractivity contribution in [1.29, 1.82) is 0 Å². The highest BCUT2D eigenvalue weighted by molar-refractivity contribution is 5.96. The zero-order chi connectivity index (χ0) is 13.7. The molecule has 1 fully saturated rings. The standard InChI is InChI=1S/C17H24O2/c1-13-10-14(2)12-16(11-13)19-9-8-17(18)15-6-4-3-5-7-15/h3-7,13-14,16H,8-12H2,1-2H3. The van der Waals surface area contributed by atoms with Crippen LogP contribution in [-0.4, -0.2) is 18.5 Å². The Morgan fingerprint density at radius 3 is 2.37 bits per heavy atom. The number of Topliss-reactive ketones (excluding diaryl/α,β-unsaturated/α-hetero) is 1. The van der Waals surface area contributed by atoms with Crippen molar-refractivity contribution in [1.82, 2.24) is 0 Å².